The Morgan fingerprint density at radius 3 is 2.26 bits per heavy atom. The maximum Gasteiger partial charge on any atom is 0.169 e. The molecule has 0 N–H and O–H groups in total. The minimum Gasteiger partial charge on any atom is -0.497 e. The van der Waals surface area contributed by atoms with E-state index < -0.39 is 0 Å². The summed E-state index contributed by atoms with van der Waals surface area (Å²) in [5.74, 6) is 0.445. The van der Waals surface area contributed by atoms with Gasteiger partial charge in [0.1, 0.15) is 18.4 Å². The Hall–Kier alpha value is -3.38. The molecule has 0 spiro atoms. The average molecular weight is 430 g/mol. The number of benzene rings is 3. The van der Waals surface area contributed by atoms with Crippen LogP contribution in [-0.2, 0) is 6.54 Å². The largest absolute Gasteiger partial charge is 0.497 e. The number of hydrogen-bond donors (Lipinski definition) is 0. The van der Waals surface area contributed by atoms with E-state index in [9.17, 15) is 4.79 Å². The normalized spacial score (nSPS) is 12.8. The third-order valence-electron chi connectivity index (χ3n) is 5.06. The highest BCUT2D eigenvalue weighted by molar-refractivity contribution is 7.99. The van der Waals surface area contributed by atoms with Gasteiger partial charge in [0.25, 0.3) is 0 Å². The number of hydrogen-bond acceptors (Lipinski definition) is 5. The molecule has 31 heavy (non-hydrogen) atoms. The fraction of sp³-hybridized carbons (Fsp3) is 0.160. The molecule has 0 aliphatic heterocycles. The van der Waals surface area contributed by atoms with Crippen molar-refractivity contribution in [2.45, 2.75) is 16.7 Å². The Kier molecular flexibility index (Phi) is 6.79. The van der Waals surface area contributed by atoms with Crippen LogP contribution in [0, 0.1) is 5.92 Å². The molecular formula is C25H23N3O2S. The second kappa shape index (κ2) is 10.1. The van der Waals surface area contributed by atoms with Crippen LogP contribution in [-0.4, -0.2) is 27.7 Å². The summed E-state index contributed by atoms with van der Waals surface area (Å²) >= 11 is 1.70. The number of Topliss-reactive ketones (excluding diaryl/α,β-unsaturated/α-hetero) is 1. The molecule has 0 radical (unpaired) electrons. The first-order valence-corrected chi connectivity index (χ1v) is 10.9. The zero-order valence-electron chi connectivity index (χ0n) is 17.2. The topological polar surface area (TPSA) is 57.0 Å². The van der Waals surface area contributed by atoms with Crippen LogP contribution in [0.25, 0.3) is 0 Å². The SMILES string of the molecule is COc1ccc(C(=O)[C@@H](Cn2cncn2)[C@@H](Sc2ccccc2)c2ccccc2)cc1. The van der Waals surface area contributed by atoms with Gasteiger partial charge in [0.15, 0.2) is 5.78 Å². The lowest BCUT2D eigenvalue weighted by atomic mass is 9.90. The van der Waals surface area contributed by atoms with Crippen molar-refractivity contribution in [2.24, 2.45) is 5.92 Å². The van der Waals surface area contributed by atoms with Crippen LogP contribution in [0.2, 0.25) is 0 Å². The lowest BCUT2D eigenvalue weighted by Gasteiger charge is -2.26. The van der Waals surface area contributed by atoms with Crippen molar-refractivity contribution >= 4 is 17.5 Å². The van der Waals surface area contributed by atoms with E-state index in [4.69, 9.17) is 4.74 Å². The molecule has 3 aromatic carbocycles. The van der Waals surface area contributed by atoms with Crippen molar-refractivity contribution < 1.29 is 9.53 Å². The van der Waals surface area contributed by atoms with Gasteiger partial charge < -0.3 is 4.74 Å². The molecule has 0 saturated heterocycles. The highest BCUT2D eigenvalue weighted by Crippen LogP contribution is 2.42. The van der Waals surface area contributed by atoms with Crippen LogP contribution < -0.4 is 4.74 Å². The van der Waals surface area contributed by atoms with E-state index in [-0.39, 0.29) is 17.0 Å². The van der Waals surface area contributed by atoms with Crippen LogP contribution in [0.1, 0.15) is 21.2 Å². The predicted octanol–water partition coefficient (Wildman–Crippen LogP) is 5.32. The monoisotopic (exact) mass is 429 g/mol. The summed E-state index contributed by atoms with van der Waals surface area (Å²) in [5, 5.41) is 4.17. The summed E-state index contributed by atoms with van der Waals surface area (Å²) in [6.07, 6.45) is 3.15. The molecule has 0 bridgehead atoms. The van der Waals surface area contributed by atoms with Gasteiger partial charge in [-0.15, -0.1) is 11.8 Å². The van der Waals surface area contributed by atoms with Crippen molar-refractivity contribution in [3.05, 3.63) is 109 Å². The Bertz CT molecular complexity index is 1080. The van der Waals surface area contributed by atoms with Gasteiger partial charge in [-0.1, -0.05) is 48.5 Å². The number of aromatic nitrogens is 3. The van der Waals surface area contributed by atoms with Crippen molar-refractivity contribution in [3.8, 4) is 5.75 Å². The van der Waals surface area contributed by atoms with Crippen molar-refractivity contribution in [1.82, 2.24) is 14.8 Å². The Labute approximate surface area is 186 Å². The van der Waals surface area contributed by atoms with Crippen LogP contribution in [0.4, 0.5) is 0 Å². The zero-order chi connectivity index (χ0) is 21.5. The standard InChI is InChI=1S/C25H23N3O2S/c1-30-21-14-12-19(13-15-21)24(29)23(16-28-18-26-17-27-28)25(20-8-4-2-5-9-20)31-22-10-6-3-7-11-22/h2-15,17-18,23,25H,16H2,1H3/t23-,25+/m1/s1. The number of thioether (sulfide) groups is 1. The fourth-order valence-electron chi connectivity index (χ4n) is 3.48. The molecule has 0 aliphatic carbocycles. The summed E-state index contributed by atoms with van der Waals surface area (Å²) < 4.78 is 6.98. The van der Waals surface area contributed by atoms with Gasteiger partial charge in [0, 0.05) is 15.7 Å². The molecule has 0 aliphatic rings. The molecule has 4 rings (SSSR count). The van der Waals surface area contributed by atoms with Crippen molar-refractivity contribution in [1.29, 1.82) is 0 Å². The summed E-state index contributed by atoms with van der Waals surface area (Å²) in [7, 11) is 1.62. The van der Waals surface area contributed by atoms with E-state index in [1.807, 2.05) is 60.7 Å². The zero-order valence-corrected chi connectivity index (χ0v) is 18.0. The van der Waals surface area contributed by atoms with E-state index in [1.54, 1.807) is 29.9 Å². The quantitative estimate of drug-likeness (QED) is 0.266. The Morgan fingerprint density at radius 1 is 0.968 bits per heavy atom. The number of ketones is 1. The first-order valence-electron chi connectivity index (χ1n) is 10.0. The maximum absolute atomic E-state index is 13.8. The number of rotatable bonds is 9. The van der Waals surface area contributed by atoms with Gasteiger partial charge in [-0.3, -0.25) is 9.48 Å². The summed E-state index contributed by atoms with van der Waals surface area (Å²) in [4.78, 5) is 18.9. The van der Waals surface area contributed by atoms with E-state index in [0.29, 0.717) is 12.1 Å². The summed E-state index contributed by atoms with van der Waals surface area (Å²) in [6.45, 7) is 0.435. The van der Waals surface area contributed by atoms with Crippen LogP contribution in [0.5, 0.6) is 5.75 Å². The number of methoxy groups -OCH3 is 1. The molecule has 0 amide bonds. The van der Waals surface area contributed by atoms with E-state index >= 15 is 0 Å². The number of carbonyl (C=O) groups is 1. The van der Waals surface area contributed by atoms with Gasteiger partial charge >= 0.3 is 0 Å². The molecule has 1 heterocycles. The van der Waals surface area contributed by atoms with E-state index in [0.717, 1.165) is 16.2 Å². The molecule has 0 saturated carbocycles. The van der Waals surface area contributed by atoms with Crippen LogP contribution in [0.15, 0.2) is 102 Å². The number of carbonyl (C=O) groups excluding carboxylic acids is 1. The van der Waals surface area contributed by atoms with E-state index in [1.165, 1.54) is 6.33 Å². The smallest absolute Gasteiger partial charge is 0.169 e. The molecule has 0 unspecified atom stereocenters. The molecule has 5 nitrogen and oxygen atoms in total. The van der Waals surface area contributed by atoms with Crippen LogP contribution in [0.3, 0.4) is 0 Å². The van der Waals surface area contributed by atoms with Crippen molar-refractivity contribution in [3.63, 3.8) is 0 Å². The Balaban J connectivity index is 1.74. The van der Waals surface area contributed by atoms with Gasteiger partial charge in [-0.2, -0.15) is 5.10 Å². The highest BCUT2D eigenvalue weighted by Gasteiger charge is 2.32. The number of ether oxygens (including phenoxy) is 1. The minimum atomic E-state index is -0.345. The van der Waals surface area contributed by atoms with Gasteiger partial charge in [-0.25, -0.2) is 4.98 Å². The first kappa shape index (κ1) is 20.9. The number of nitrogens with zero attached hydrogens (tertiary/aromatic N) is 3. The molecular weight excluding hydrogens is 406 g/mol. The Morgan fingerprint density at radius 2 is 1.65 bits per heavy atom. The summed E-state index contributed by atoms with van der Waals surface area (Å²) in [5.41, 5.74) is 1.75. The lowest BCUT2D eigenvalue weighted by Crippen LogP contribution is -2.26. The van der Waals surface area contributed by atoms with Crippen molar-refractivity contribution in [2.75, 3.05) is 7.11 Å². The third-order valence-corrected chi connectivity index (χ3v) is 6.46. The maximum atomic E-state index is 13.8. The first-order chi connectivity index (χ1) is 15.2. The van der Waals surface area contributed by atoms with Gasteiger partial charge in [-0.05, 0) is 42.0 Å². The predicted molar refractivity (Wildman–Crippen MR) is 122 cm³/mol. The van der Waals surface area contributed by atoms with Gasteiger partial charge in [0.2, 0.25) is 0 Å². The summed E-state index contributed by atoms with van der Waals surface area (Å²) in [6, 6.07) is 27.6. The average Bonchev–Trinajstić information content (AvgIpc) is 3.35. The molecule has 0 fully saturated rings. The molecule has 6 heteroatoms. The highest BCUT2D eigenvalue weighted by atomic mass is 32.2. The third kappa shape index (κ3) is 5.22. The van der Waals surface area contributed by atoms with Crippen LogP contribution >= 0.6 is 11.8 Å². The second-order valence-electron chi connectivity index (χ2n) is 7.08. The van der Waals surface area contributed by atoms with E-state index in [2.05, 4.69) is 34.3 Å². The molecule has 1 aromatic heterocycles. The van der Waals surface area contributed by atoms with Gasteiger partial charge in [0.05, 0.1) is 19.6 Å². The molecule has 156 valence electrons. The lowest BCUT2D eigenvalue weighted by molar-refractivity contribution is 0.0901. The molecule has 2 atom stereocenters. The minimum absolute atomic E-state index is 0.0652. The molecule has 4 aromatic rings. The fourth-order valence-corrected chi connectivity index (χ4v) is 4.76. The second-order valence-corrected chi connectivity index (χ2v) is 8.29.